The quantitative estimate of drug-likeness (QED) is 0.727. The molecule has 6 nitrogen and oxygen atoms in total. The Hall–Kier alpha value is -2.93. The number of fused-ring (bicyclic) bond motifs is 1. The Kier molecular flexibility index (Phi) is 4.95. The van der Waals surface area contributed by atoms with Crippen molar-refractivity contribution in [2.75, 3.05) is 17.7 Å². The van der Waals surface area contributed by atoms with Crippen molar-refractivity contribution in [2.24, 2.45) is 0 Å². The Morgan fingerprint density at radius 3 is 2.56 bits per heavy atom. The summed E-state index contributed by atoms with van der Waals surface area (Å²) in [5, 5.41) is 6.06. The molecule has 3 aromatic rings. The van der Waals surface area contributed by atoms with E-state index in [0.717, 1.165) is 16.0 Å². The lowest BCUT2D eigenvalue weighted by Crippen LogP contribution is -2.12. The first-order valence-corrected chi connectivity index (χ1v) is 8.56. The van der Waals surface area contributed by atoms with Crippen LogP contribution in [0.15, 0.2) is 42.5 Å². The fraction of sp³-hybridized carbons (Fsp3) is 0.167. The maximum absolute atomic E-state index is 12.3. The van der Waals surface area contributed by atoms with Gasteiger partial charge in [-0.1, -0.05) is 18.3 Å². The Labute approximate surface area is 148 Å². The van der Waals surface area contributed by atoms with E-state index in [1.165, 1.54) is 11.3 Å². The molecule has 0 spiro atoms. The second kappa shape index (κ2) is 7.31. The van der Waals surface area contributed by atoms with E-state index in [4.69, 9.17) is 4.74 Å². The first-order valence-electron chi connectivity index (χ1n) is 7.75. The minimum atomic E-state index is -0.251. The molecule has 7 heteroatoms. The molecule has 2 aromatic carbocycles. The number of hydrogen-bond donors (Lipinski definition) is 2. The van der Waals surface area contributed by atoms with E-state index in [1.807, 2.05) is 18.2 Å². The van der Waals surface area contributed by atoms with Crippen LogP contribution in [0.1, 0.15) is 23.7 Å². The van der Waals surface area contributed by atoms with E-state index >= 15 is 0 Å². The predicted octanol–water partition coefficient (Wildman–Crippen LogP) is 3.91. The monoisotopic (exact) mass is 355 g/mol. The van der Waals surface area contributed by atoms with Gasteiger partial charge in [0.1, 0.15) is 5.75 Å². The van der Waals surface area contributed by atoms with Gasteiger partial charge in [-0.15, -0.1) is 0 Å². The summed E-state index contributed by atoms with van der Waals surface area (Å²) in [4.78, 5) is 28.1. The van der Waals surface area contributed by atoms with Gasteiger partial charge in [-0.25, -0.2) is 4.98 Å². The molecule has 1 heterocycles. The number of benzene rings is 2. The molecule has 0 aliphatic rings. The highest BCUT2D eigenvalue weighted by Gasteiger charge is 2.11. The van der Waals surface area contributed by atoms with Gasteiger partial charge in [0.15, 0.2) is 5.13 Å². The number of amides is 2. The third-order valence-electron chi connectivity index (χ3n) is 3.57. The van der Waals surface area contributed by atoms with Crippen molar-refractivity contribution in [3.8, 4) is 5.75 Å². The molecule has 0 saturated heterocycles. The second-order valence-electron chi connectivity index (χ2n) is 5.29. The molecule has 0 aliphatic heterocycles. The van der Waals surface area contributed by atoms with Crippen molar-refractivity contribution in [1.82, 2.24) is 4.98 Å². The second-order valence-corrected chi connectivity index (χ2v) is 6.32. The molecule has 2 amide bonds. The molecule has 0 bridgehead atoms. The van der Waals surface area contributed by atoms with Gasteiger partial charge in [0, 0.05) is 17.7 Å². The molecule has 128 valence electrons. The summed E-state index contributed by atoms with van der Waals surface area (Å²) >= 11 is 1.38. The van der Waals surface area contributed by atoms with E-state index in [1.54, 1.807) is 38.3 Å². The number of nitrogens with one attached hydrogen (secondary N) is 2. The van der Waals surface area contributed by atoms with Crippen LogP contribution in [0.4, 0.5) is 10.8 Å². The van der Waals surface area contributed by atoms with Crippen LogP contribution in [0.3, 0.4) is 0 Å². The number of thiazole rings is 1. The Morgan fingerprint density at radius 1 is 1.12 bits per heavy atom. The third-order valence-corrected chi connectivity index (χ3v) is 4.50. The summed E-state index contributed by atoms with van der Waals surface area (Å²) < 4.78 is 6.13. The lowest BCUT2D eigenvalue weighted by atomic mass is 10.2. The van der Waals surface area contributed by atoms with Crippen LogP contribution >= 0.6 is 11.3 Å². The van der Waals surface area contributed by atoms with Gasteiger partial charge < -0.3 is 10.1 Å². The molecule has 25 heavy (non-hydrogen) atoms. The predicted molar refractivity (Wildman–Crippen MR) is 99.5 cm³/mol. The standard InChI is InChI=1S/C18H17N3O3S/c1-3-16(22)19-12-6-4-11(5-7-12)17(23)21-18-20-14-9-8-13(24-2)10-15(14)25-18/h4-10H,3H2,1-2H3,(H,19,22)(H,20,21,23). The van der Waals surface area contributed by atoms with Gasteiger partial charge in [-0.3, -0.25) is 14.9 Å². The normalized spacial score (nSPS) is 10.5. The van der Waals surface area contributed by atoms with Gasteiger partial charge >= 0.3 is 0 Å². The fourth-order valence-electron chi connectivity index (χ4n) is 2.21. The number of methoxy groups -OCH3 is 1. The molecule has 0 saturated carbocycles. The van der Waals surface area contributed by atoms with Crippen LogP contribution in [0, 0.1) is 0 Å². The van der Waals surface area contributed by atoms with Gasteiger partial charge in [0.05, 0.1) is 17.3 Å². The summed E-state index contributed by atoms with van der Waals surface area (Å²) in [6.07, 6.45) is 0.407. The molecule has 2 N–H and O–H groups in total. The van der Waals surface area contributed by atoms with E-state index in [9.17, 15) is 9.59 Å². The van der Waals surface area contributed by atoms with Crippen LogP contribution in [0.2, 0.25) is 0 Å². The third kappa shape index (κ3) is 3.95. The summed E-state index contributed by atoms with van der Waals surface area (Å²) in [6.45, 7) is 1.78. The van der Waals surface area contributed by atoms with E-state index < -0.39 is 0 Å². The first-order chi connectivity index (χ1) is 12.1. The smallest absolute Gasteiger partial charge is 0.257 e. The molecule has 0 fully saturated rings. The SMILES string of the molecule is CCC(=O)Nc1ccc(C(=O)Nc2nc3ccc(OC)cc3s2)cc1. The maximum Gasteiger partial charge on any atom is 0.257 e. The number of ether oxygens (including phenoxy) is 1. The molecule has 1 aromatic heterocycles. The summed E-state index contributed by atoms with van der Waals surface area (Å²) in [6, 6.07) is 12.3. The zero-order valence-electron chi connectivity index (χ0n) is 13.8. The van der Waals surface area contributed by atoms with Crippen LogP contribution in [0.5, 0.6) is 5.75 Å². The Balaban J connectivity index is 1.72. The number of carbonyl (C=O) groups is 2. The van der Waals surface area contributed by atoms with E-state index in [-0.39, 0.29) is 11.8 Å². The van der Waals surface area contributed by atoms with Gasteiger partial charge in [0.2, 0.25) is 5.91 Å². The lowest BCUT2D eigenvalue weighted by Gasteiger charge is -2.05. The fourth-order valence-corrected chi connectivity index (χ4v) is 3.10. The van der Waals surface area contributed by atoms with Crippen LogP contribution in [-0.4, -0.2) is 23.9 Å². The van der Waals surface area contributed by atoms with Crippen molar-refractivity contribution < 1.29 is 14.3 Å². The van der Waals surface area contributed by atoms with Crippen molar-refractivity contribution in [3.63, 3.8) is 0 Å². The van der Waals surface area contributed by atoms with Crippen molar-refractivity contribution >= 4 is 44.2 Å². The summed E-state index contributed by atoms with van der Waals surface area (Å²) in [5.74, 6) is 0.431. The minimum Gasteiger partial charge on any atom is -0.497 e. The zero-order chi connectivity index (χ0) is 17.8. The number of anilines is 2. The molecular formula is C18H17N3O3S. The molecule has 0 unspecified atom stereocenters. The minimum absolute atomic E-state index is 0.0675. The average molecular weight is 355 g/mol. The van der Waals surface area contributed by atoms with Gasteiger partial charge in [-0.05, 0) is 42.5 Å². The van der Waals surface area contributed by atoms with E-state index in [2.05, 4.69) is 15.6 Å². The first kappa shape index (κ1) is 16.9. The van der Waals surface area contributed by atoms with E-state index in [0.29, 0.717) is 22.8 Å². The van der Waals surface area contributed by atoms with Gasteiger partial charge in [-0.2, -0.15) is 0 Å². The molecular weight excluding hydrogens is 338 g/mol. The molecule has 0 radical (unpaired) electrons. The number of rotatable bonds is 5. The van der Waals surface area contributed by atoms with Gasteiger partial charge in [0.25, 0.3) is 5.91 Å². The van der Waals surface area contributed by atoms with Crippen molar-refractivity contribution in [3.05, 3.63) is 48.0 Å². The molecule has 3 rings (SSSR count). The largest absolute Gasteiger partial charge is 0.497 e. The van der Waals surface area contributed by atoms with Crippen molar-refractivity contribution in [2.45, 2.75) is 13.3 Å². The maximum atomic E-state index is 12.3. The number of carbonyl (C=O) groups excluding carboxylic acids is 2. The zero-order valence-corrected chi connectivity index (χ0v) is 14.6. The highest BCUT2D eigenvalue weighted by Crippen LogP contribution is 2.29. The molecule has 0 aliphatic carbocycles. The van der Waals surface area contributed by atoms with Crippen LogP contribution < -0.4 is 15.4 Å². The Morgan fingerprint density at radius 2 is 1.88 bits per heavy atom. The van der Waals surface area contributed by atoms with Crippen LogP contribution in [-0.2, 0) is 4.79 Å². The van der Waals surface area contributed by atoms with Crippen molar-refractivity contribution in [1.29, 1.82) is 0 Å². The highest BCUT2D eigenvalue weighted by atomic mass is 32.1. The molecule has 0 atom stereocenters. The summed E-state index contributed by atoms with van der Waals surface area (Å²) in [5.41, 5.74) is 1.96. The number of nitrogens with zero attached hydrogens (tertiary/aromatic N) is 1. The number of hydrogen-bond acceptors (Lipinski definition) is 5. The van der Waals surface area contributed by atoms with Crippen LogP contribution in [0.25, 0.3) is 10.2 Å². The number of aromatic nitrogens is 1. The topological polar surface area (TPSA) is 80.3 Å². The Bertz CT molecular complexity index is 919. The average Bonchev–Trinajstić information content (AvgIpc) is 3.03. The highest BCUT2D eigenvalue weighted by molar-refractivity contribution is 7.22. The lowest BCUT2D eigenvalue weighted by molar-refractivity contribution is -0.115. The summed E-state index contributed by atoms with van der Waals surface area (Å²) in [7, 11) is 1.61.